The van der Waals surface area contributed by atoms with Crippen molar-refractivity contribution >= 4 is 85.6 Å². The lowest BCUT2D eigenvalue weighted by molar-refractivity contribution is -0.133. The molecule has 1 aliphatic heterocycles. The van der Waals surface area contributed by atoms with Gasteiger partial charge < -0.3 is 4.74 Å². The number of esters is 1. The average molecular weight is 505 g/mol. The molecule has 0 fully saturated rings. The van der Waals surface area contributed by atoms with E-state index in [0.717, 1.165) is 0 Å². The Kier molecular flexibility index (Phi) is 4.70. The molecule has 1 rings (SSSR count). The Labute approximate surface area is 117 Å². The lowest BCUT2D eigenvalue weighted by Gasteiger charge is -1.96. The van der Waals surface area contributed by atoms with Crippen LogP contribution < -0.4 is 0 Å². The van der Waals surface area contributed by atoms with E-state index in [1.807, 2.05) is 0 Å². The number of ether oxygens (including phenoxy) is 1. The van der Waals surface area contributed by atoms with Gasteiger partial charge in [-0.25, -0.2) is 4.79 Å². The van der Waals surface area contributed by atoms with Crippen molar-refractivity contribution in [3.63, 3.8) is 0 Å². The second kappa shape index (κ2) is 4.92. The highest BCUT2D eigenvalue weighted by atomic mass is 79.9. The van der Waals surface area contributed by atoms with Gasteiger partial charge in [0.25, 0.3) is 0 Å². The van der Waals surface area contributed by atoms with Gasteiger partial charge in [0.1, 0.15) is 7.13 Å². The molecule has 0 aromatic carbocycles. The van der Waals surface area contributed by atoms with E-state index in [2.05, 4.69) is 79.6 Å². The SMILES string of the molecule is O=C1OC(=C(Br)Br)C(Br)=C1C(Br)Br. The third kappa shape index (κ3) is 2.68. The summed E-state index contributed by atoms with van der Waals surface area (Å²) in [6, 6.07) is 0. The van der Waals surface area contributed by atoms with Crippen molar-refractivity contribution in [3.05, 3.63) is 19.2 Å². The van der Waals surface area contributed by atoms with Crippen molar-refractivity contribution in [3.8, 4) is 0 Å². The number of halogens is 5. The highest BCUT2D eigenvalue weighted by molar-refractivity contribution is 9.28. The molecule has 1 aliphatic rings. The molecule has 13 heavy (non-hydrogen) atoms. The van der Waals surface area contributed by atoms with Crippen molar-refractivity contribution in [1.29, 1.82) is 0 Å². The second-order valence-corrected chi connectivity index (χ2v) is 8.51. The molecule has 0 saturated carbocycles. The van der Waals surface area contributed by atoms with Crippen molar-refractivity contribution in [1.82, 2.24) is 0 Å². The van der Waals surface area contributed by atoms with Crippen LogP contribution in [0.2, 0.25) is 0 Å². The van der Waals surface area contributed by atoms with Gasteiger partial charge in [-0.15, -0.1) is 0 Å². The largest absolute Gasteiger partial charge is 0.420 e. The van der Waals surface area contributed by atoms with Crippen molar-refractivity contribution in [2.24, 2.45) is 0 Å². The number of rotatable bonds is 1. The molecule has 72 valence electrons. The lowest BCUT2D eigenvalue weighted by Crippen LogP contribution is -2.04. The smallest absolute Gasteiger partial charge is 0.342 e. The molecule has 0 aromatic heterocycles. The minimum absolute atomic E-state index is 0.223. The molecule has 0 saturated heterocycles. The number of carbonyl (C=O) groups is 1. The molecule has 2 nitrogen and oxygen atoms in total. The second-order valence-electron chi connectivity index (χ2n) is 2.01. The maximum atomic E-state index is 11.3. The molecule has 0 radical (unpaired) electrons. The standard InChI is InChI=1S/C6HBr5O2/c7-2-1(4(8)9)6(12)13-3(2)5(10)11/h4H. The Morgan fingerprint density at radius 2 is 1.85 bits per heavy atom. The Morgan fingerprint density at radius 1 is 1.31 bits per heavy atom. The molecule has 0 amide bonds. The van der Waals surface area contributed by atoms with Crippen LogP contribution >= 0.6 is 79.6 Å². The number of alkyl halides is 2. The molecular formula is C6HBr5O2. The van der Waals surface area contributed by atoms with E-state index in [9.17, 15) is 4.79 Å². The monoisotopic (exact) mass is 500 g/mol. The Morgan fingerprint density at radius 3 is 2.08 bits per heavy atom. The van der Waals surface area contributed by atoms with E-state index in [1.54, 1.807) is 0 Å². The van der Waals surface area contributed by atoms with Gasteiger partial charge in [0.05, 0.1) is 10.1 Å². The van der Waals surface area contributed by atoms with Gasteiger partial charge in [-0.2, -0.15) is 0 Å². The summed E-state index contributed by atoms with van der Waals surface area (Å²) in [5.74, 6) is 0.0703. The van der Waals surface area contributed by atoms with E-state index < -0.39 is 0 Å². The van der Waals surface area contributed by atoms with Crippen LogP contribution in [0.5, 0.6) is 0 Å². The first-order chi connectivity index (χ1) is 5.95. The summed E-state index contributed by atoms with van der Waals surface area (Å²) in [5.41, 5.74) is 0.506. The number of allylic oxidation sites excluding steroid dienone is 1. The summed E-state index contributed by atoms with van der Waals surface area (Å²) in [6.45, 7) is 0. The van der Waals surface area contributed by atoms with Gasteiger partial charge in [0, 0.05) is 0 Å². The average Bonchev–Trinajstić information content (AvgIpc) is 2.26. The van der Waals surface area contributed by atoms with Crippen LogP contribution in [0.25, 0.3) is 0 Å². The summed E-state index contributed by atoms with van der Waals surface area (Å²) in [7, 11) is 0. The van der Waals surface area contributed by atoms with Crippen LogP contribution in [0.15, 0.2) is 19.2 Å². The minimum atomic E-state index is -0.378. The Hall–Kier alpha value is 1.35. The Bertz CT molecular complexity index is 313. The first-order valence-corrected chi connectivity index (χ1v) is 7.11. The Balaban J connectivity index is 3.20. The van der Waals surface area contributed by atoms with E-state index in [0.29, 0.717) is 19.2 Å². The first kappa shape index (κ1) is 12.4. The van der Waals surface area contributed by atoms with E-state index in [1.165, 1.54) is 0 Å². The van der Waals surface area contributed by atoms with E-state index in [-0.39, 0.29) is 9.71 Å². The molecule has 0 aromatic rings. The lowest BCUT2D eigenvalue weighted by atomic mass is 10.3. The zero-order valence-electron chi connectivity index (χ0n) is 5.78. The minimum Gasteiger partial charge on any atom is -0.420 e. The van der Waals surface area contributed by atoms with E-state index >= 15 is 0 Å². The predicted octanol–water partition coefficient (Wildman–Crippen LogP) is 4.27. The van der Waals surface area contributed by atoms with Gasteiger partial charge in [0.2, 0.25) is 0 Å². The van der Waals surface area contributed by atoms with Crippen LogP contribution in [0, 0.1) is 0 Å². The molecule has 0 bridgehead atoms. The molecule has 7 heteroatoms. The van der Waals surface area contributed by atoms with Crippen LogP contribution in [-0.2, 0) is 9.53 Å². The topological polar surface area (TPSA) is 26.3 Å². The summed E-state index contributed by atoms with van der Waals surface area (Å²) in [4.78, 5) is 11.3. The maximum Gasteiger partial charge on any atom is 0.342 e. The third-order valence-electron chi connectivity index (χ3n) is 1.24. The maximum absolute atomic E-state index is 11.3. The summed E-state index contributed by atoms with van der Waals surface area (Å²) < 4.78 is 5.97. The highest BCUT2D eigenvalue weighted by Crippen LogP contribution is 2.40. The van der Waals surface area contributed by atoms with Crippen molar-refractivity contribution < 1.29 is 9.53 Å². The van der Waals surface area contributed by atoms with Crippen LogP contribution in [0.3, 0.4) is 0 Å². The van der Waals surface area contributed by atoms with Gasteiger partial charge in [0.15, 0.2) is 5.76 Å². The van der Waals surface area contributed by atoms with Crippen LogP contribution in [0.4, 0.5) is 0 Å². The number of hydrogen-bond acceptors (Lipinski definition) is 2. The first-order valence-electron chi connectivity index (χ1n) is 2.90. The molecule has 0 atom stereocenters. The molecule has 0 spiro atoms. The fourth-order valence-electron chi connectivity index (χ4n) is 0.711. The quantitative estimate of drug-likeness (QED) is 0.394. The normalized spacial score (nSPS) is 17.1. The zero-order chi connectivity index (χ0) is 10.2. The number of carbonyl (C=O) groups excluding carboxylic acids is 1. The van der Waals surface area contributed by atoms with Crippen LogP contribution in [0.1, 0.15) is 0 Å². The molecule has 0 aliphatic carbocycles. The van der Waals surface area contributed by atoms with Gasteiger partial charge in [-0.3, -0.25) is 0 Å². The van der Waals surface area contributed by atoms with Gasteiger partial charge in [-0.05, 0) is 47.8 Å². The summed E-state index contributed by atoms with van der Waals surface area (Å²) >= 11 is 16.1. The zero-order valence-corrected chi connectivity index (χ0v) is 13.7. The van der Waals surface area contributed by atoms with Crippen molar-refractivity contribution in [2.75, 3.05) is 0 Å². The molecule has 1 heterocycles. The number of cyclic esters (lactones) is 1. The fraction of sp³-hybridized carbons (Fsp3) is 0.167. The third-order valence-corrected chi connectivity index (χ3v) is 3.66. The van der Waals surface area contributed by atoms with E-state index in [4.69, 9.17) is 4.74 Å². The highest BCUT2D eigenvalue weighted by Gasteiger charge is 2.33. The van der Waals surface area contributed by atoms with Crippen molar-refractivity contribution in [2.45, 2.75) is 3.74 Å². The van der Waals surface area contributed by atoms with Gasteiger partial charge in [-0.1, -0.05) is 31.9 Å². The van der Waals surface area contributed by atoms with Gasteiger partial charge >= 0.3 is 5.97 Å². The molecule has 0 unspecified atom stereocenters. The summed E-state index contributed by atoms with van der Waals surface area (Å²) in [6.07, 6.45) is 0. The molecular weight excluding hydrogens is 504 g/mol. The summed E-state index contributed by atoms with van der Waals surface area (Å²) in [5, 5.41) is 0. The van der Waals surface area contributed by atoms with Crippen LogP contribution in [-0.4, -0.2) is 9.71 Å². The molecule has 0 N–H and O–H groups in total. The predicted molar refractivity (Wildman–Crippen MR) is 68.6 cm³/mol. The fourth-order valence-corrected chi connectivity index (χ4v) is 3.92. The number of hydrogen-bond donors (Lipinski definition) is 0.